The van der Waals surface area contributed by atoms with E-state index >= 15 is 0 Å². The Hall–Kier alpha value is -4.25. The molecule has 0 aliphatic carbocycles. The van der Waals surface area contributed by atoms with Crippen LogP contribution in [0.5, 0.6) is 5.88 Å². The zero-order valence-electron chi connectivity index (χ0n) is 20.0. The van der Waals surface area contributed by atoms with Gasteiger partial charge in [-0.25, -0.2) is 15.0 Å². The van der Waals surface area contributed by atoms with Crippen LogP contribution in [0.3, 0.4) is 0 Å². The lowest BCUT2D eigenvalue weighted by atomic mass is 9.83. The van der Waals surface area contributed by atoms with Gasteiger partial charge in [0.2, 0.25) is 11.8 Å². The highest BCUT2D eigenvalue weighted by Gasteiger charge is 2.36. The minimum absolute atomic E-state index is 0.0475. The van der Waals surface area contributed by atoms with Crippen LogP contribution in [-0.2, 0) is 10.2 Å². The topological polar surface area (TPSA) is 149 Å². The predicted octanol–water partition coefficient (Wildman–Crippen LogP) is 3.12. The maximum Gasteiger partial charge on any atom is 0.237 e. The molecule has 36 heavy (non-hydrogen) atoms. The number of nitrogens with one attached hydrogen (secondary N) is 2. The Labute approximate surface area is 208 Å². The van der Waals surface area contributed by atoms with Crippen LogP contribution in [0.25, 0.3) is 11.3 Å². The smallest absolute Gasteiger partial charge is 0.237 e. The largest absolute Gasteiger partial charge is 0.475 e. The fourth-order valence-electron chi connectivity index (χ4n) is 4.26. The summed E-state index contributed by atoms with van der Waals surface area (Å²) < 4.78 is 11.3. The number of nitrogens with zero attached hydrogens (tertiary/aromatic N) is 5. The van der Waals surface area contributed by atoms with Crippen molar-refractivity contribution in [3.63, 3.8) is 0 Å². The lowest BCUT2D eigenvalue weighted by Crippen LogP contribution is -2.44. The van der Waals surface area contributed by atoms with Gasteiger partial charge in [0, 0.05) is 35.3 Å². The molecule has 10 nitrogen and oxygen atoms in total. The molecular weight excluding hydrogens is 458 g/mol. The van der Waals surface area contributed by atoms with Crippen molar-refractivity contribution >= 4 is 17.3 Å². The molecule has 1 fully saturated rings. The number of benzene rings is 1. The third kappa shape index (κ3) is 4.29. The zero-order chi connectivity index (χ0) is 25.3. The van der Waals surface area contributed by atoms with Gasteiger partial charge in [-0.05, 0) is 29.8 Å². The number of aliphatic hydroxyl groups excluding tert-OH is 1. The molecule has 1 aromatic carbocycles. The third-order valence-electron chi connectivity index (χ3n) is 6.55. The van der Waals surface area contributed by atoms with Crippen LogP contribution in [0.2, 0.25) is 0 Å². The van der Waals surface area contributed by atoms with Crippen LogP contribution in [0, 0.1) is 28.1 Å². The molecule has 3 aromatic rings. The molecule has 3 N–H and O–H groups in total. The van der Waals surface area contributed by atoms with Crippen molar-refractivity contribution in [2.45, 2.75) is 19.3 Å². The molecule has 2 aliphatic rings. The summed E-state index contributed by atoms with van der Waals surface area (Å²) in [6.07, 6.45) is 3.07. The molecule has 1 atom stereocenters. The molecule has 182 valence electrons. The molecule has 1 saturated heterocycles. The Morgan fingerprint density at radius 1 is 1.19 bits per heavy atom. The van der Waals surface area contributed by atoms with E-state index in [1.165, 1.54) is 6.20 Å². The lowest BCUT2D eigenvalue weighted by molar-refractivity contribution is -0.120. The summed E-state index contributed by atoms with van der Waals surface area (Å²) in [5, 5.41) is 35.4. The molecule has 0 bridgehead atoms. The van der Waals surface area contributed by atoms with Gasteiger partial charge in [0.1, 0.15) is 17.8 Å². The van der Waals surface area contributed by atoms with E-state index in [4.69, 9.17) is 9.47 Å². The van der Waals surface area contributed by atoms with Crippen molar-refractivity contribution in [2.75, 3.05) is 43.6 Å². The number of aliphatic hydroxyl groups is 1. The number of nitriles is 2. The number of anilines is 3. The fourth-order valence-corrected chi connectivity index (χ4v) is 4.26. The molecule has 5 rings (SSSR count). The van der Waals surface area contributed by atoms with Crippen LogP contribution in [0.1, 0.15) is 30.5 Å². The van der Waals surface area contributed by atoms with Crippen LogP contribution >= 0.6 is 0 Å². The molecular formula is C26H25N7O3. The van der Waals surface area contributed by atoms with E-state index in [9.17, 15) is 15.6 Å². The number of pyridine rings is 1. The first kappa shape index (κ1) is 23.5. The summed E-state index contributed by atoms with van der Waals surface area (Å²) >= 11 is 0. The molecule has 0 saturated carbocycles. The number of hydrogen-bond acceptors (Lipinski definition) is 10. The fraction of sp³-hybridized carbons (Fsp3) is 0.346. The van der Waals surface area contributed by atoms with Crippen molar-refractivity contribution in [1.82, 2.24) is 15.0 Å². The van der Waals surface area contributed by atoms with Crippen molar-refractivity contribution in [2.24, 2.45) is 5.41 Å². The first-order chi connectivity index (χ1) is 17.4. The van der Waals surface area contributed by atoms with Gasteiger partial charge in [0.15, 0.2) is 0 Å². The van der Waals surface area contributed by atoms with Crippen LogP contribution < -0.4 is 15.4 Å². The van der Waals surface area contributed by atoms with Crippen molar-refractivity contribution in [3.8, 4) is 29.3 Å². The molecule has 2 aromatic heterocycles. The van der Waals surface area contributed by atoms with Gasteiger partial charge in [0.25, 0.3) is 0 Å². The molecule has 0 radical (unpaired) electrons. The Kier molecular flexibility index (Phi) is 5.92. The van der Waals surface area contributed by atoms with Gasteiger partial charge in [-0.3, -0.25) is 0 Å². The third-order valence-corrected chi connectivity index (χ3v) is 6.55. The molecule has 0 amide bonds. The number of aromatic nitrogens is 3. The highest BCUT2D eigenvalue weighted by atomic mass is 16.5. The Morgan fingerprint density at radius 3 is 2.72 bits per heavy atom. The molecule has 1 unspecified atom stereocenters. The highest BCUT2D eigenvalue weighted by Crippen LogP contribution is 2.41. The maximum absolute atomic E-state index is 9.98. The number of hydrogen-bond donors (Lipinski definition) is 3. The van der Waals surface area contributed by atoms with Crippen LogP contribution in [0.4, 0.5) is 17.3 Å². The quantitative estimate of drug-likeness (QED) is 0.457. The first-order valence-electron chi connectivity index (χ1n) is 11.5. The van der Waals surface area contributed by atoms with Crippen LogP contribution in [0.15, 0.2) is 36.7 Å². The number of ether oxygens (including phenoxy) is 2. The Balaban J connectivity index is 1.46. The lowest BCUT2D eigenvalue weighted by Gasteiger charge is -2.37. The van der Waals surface area contributed by atoms with E-state index < -0.39 is 5.41 Å². The van der Waals surface area contributed by atoms with Gasteiger partial charge < -0.3 is 25.2 Å². The Morgan fingerprint density at radius 2 is 2.03 bits per heavy atom. The summed E-state index contributed by atoms with van der Waals surface area (Å²) in [5.41, 5.74) is 3.71. The average Bonchev–Trinajstić information content (AvgIpc) is 3.23. The van der Waals surface area contributed by atoms with Crippen molar-refractivity contribution in [3.05, 3.63) is 53.3 Å². The monoisotopic (exact) mass is 483 g/mol. The summed E-state index contributed by atoms with van der Waals surface area (Å²) in [6, 6.07) is 11.4. The molecule has 0 spiro atoms. The molecule has 2 aliphatic heterocycles. The highest BCUT2D eigenvalue weighted by molar-refractivity contribution is 5.76. The summed E-state index contributed by atoms with van der Waals surface area (Å²) in [6.45, 7) is 6.18. The maximum atomic E-state index is 9.98. The predicted molar refractivity (Wildman–Crippen MR) is 132 cm³/mol. The van der Waals surface area contributed by atoms with E-state index in [1.54, 1.807) is 24.4 Å². The minimum Gasteiger partial charge on any atom is -0.475 e. The van der Waals surface area contributed by atoms with Gasteiger partial charge in [-0.15, -0.1) is 0 Å². The van der Waals surface area contributed by atoms with E-state index in [2.05, 4.69) is 44.6 Å². The van der Waals surface area contributed by atoms with E-state index in [0.29, 0.717) is 54.8 Å². The van der Waals surface area contributed by atoms with Crippen LogP contribution in [-0.4, -0.2) is 53.0 Å². The summed E-state index contributed by atoms with van der Waals surface area (Å²) in [4.78, 5) is 13.3. The summed E-state index contributed by atoms with van der Waals surface area (Å²) in [7, 11) is 0. The second kappa shape index (κ2) is 9.08. The number of rotatable bonds is 7. The molecule has 4 heterocycles. The van der Waals surface area contributed by atoms with Gasteiger partial charge in [-0.2, -0.15) is 10.5 Å². The van der Waals surface area contributed by atoms with Crippen molar-refractivity contribution < 1.29 is 14.6 Å². The average molecular weight is 484 g/mol. The SMILES string of the molecule is CC1(COc2ncc(C#N)cc2Nc2nccc(-c3cc(C#N)c4c(c3)C(C)(CO)CN4)n2)COC1. The van der Waals surface area contributed by atoms with E-state index in [1.807, 2.05) is 13.0 Å². The van der Waals surface area contributed by atoms with Gasteiger partial charge in [0.05, 0.1) is 48.9 Å². The van der Waals surface area contributed by atoms with Gasteiger partial charge in [-0.1, -0.05) is 13.8 Å². The minimum atomic E-state index is -0.497. The Bertz CT molecular complexity index is 1410. The second-order valence-electron chi connectivity index (χ2n) is 9.80. The van der Waals surface area contributed by atoms with E-state index in [0.717, 1.165) is 16.8 Å². The number of fused-ring (bicyclic) bond motifs is 1. The van der Waals surface area contributed by atoms with E-state index in [-0.39, 0.29) is 18.0 Å². The molecule has 10 heteroatoms. The van der Waals surface area contributed by atoms with Gasteiger partial charge >= 0.3 is 0 Å². The first-order valence-corrected chi connectivity index (χ1v) is 11.5. The van der Waals surface area contributed by atoms with Crippen molar-refractivity contribution in [1.29, 1.82) is 10.5 Å². The summed E-state index contributed by atoms with van der Waals surface area (Å²) in [5.74, 6) is 0.625. The normalized spacial score (nSPS) is 19.2. The standard InChI is InChI=1S/C26H25N7O3/c1-25(13-35-14-25)15-36-23-21(5-16(8-27)10-30-23)33-24-29-4-3-20(32-24)17-6-18(9-28)22-19(7-17)26(2,12-34)11-31-22/h3-7,10,31,34H,11-15H2,1-2H3,(H,29,32,33). The zero-order valence-corrected chi connectivity index (χ0v) is 20.0. The second-order valence-corrected chi connectivity index (χ2v) is 9.80.